The lowest BCUT2D eigenvalue weighted by Crippen LogP contribution is -2.41. The number of carbonyl (C=O) groups excluding carboxylic acids is 2. The van der Waals surface area contributed by atoms with Gasteiger partial charge >= 0.3 is 17.6 Å². The van der Waals surface area contributed by atoms with Gasteiger partial charge in [0.1, 0.15) is 18.8 Å². The molecule has 1 aliphatic rings. The summed E-state index contributed by atoms with van der Waals surface area (Å²) in [5.74, 6) is -1.10. The SMILES string of the molecule is CO[C@H]1[C@H](OC(C)=O)[C@@H](COC(C)=O)O[C@H]1n1ccc(=O)[nH]c1=O. The zero-order valence-electron chi connectivity index (χ0n) is 13.4. The molecule has 0 amide bonds. The number of aromatic amines is 1. The number of hydrogen-bond acceptors (Lipinski definition) is 8. The van der Waals surface area contributed by atoms with Gasteiger partial charge in [0.2, 0.25) is 0 Å². The van der Waals surface area contributed by atoms with E-state index in [0.29, 0.717) is 0 Å². The van der Waals surface area contributed by atoms with E-state index < -0.39 is 47.7 Å². The van der Waals surface area contributed by atoms with E-state index in [1.54, 1.807) is 0 Å². The monoisotopic (exact) mass is 342 g/mol. The van der Waals surface area contributed by atoms with Gasteiger partial charge in [-0.2, -0.15) is 0 Å². The van der Waals surface area contributed by atoms with Crippen molar-refractivity contribution in [3.8, 4) is 0 Å². The van der Waals surface area contributed by atoms with Gasteiger partial charge in [-0.15, -0.1) is 0 Å². The van der Waals surface area contributed by atoms with Gasteiger partial charge in [0.25, 0.3) is 5.56 Å². The molecule has 132 valence electrons. The van der Waals surface area contributed by atoms with E-state index in [1.165, 1.54) is 27.2 Å². The van der Waals surface area contributed by atoms with Gasteiger partial charge in [-0.25, -0.2) is 4.79 Å². The lowest BCUT2D eigenvalue weighted by Gasteiger charge is -2.22. The van der Waals surface area contributed by atoms with Crippen LogP contribution in [0.4, 0.5) is 0 Å². The lowest BCUT2D eigenvalue weighted by atomic mass is 10.1. The normalized spacial score (nSPS) is 26.1. The van der Waals surface area contributed by atoms with E-state index in [0.717, 1.165) is 10.6 Å². The summed E-state index contributed by atoms with van der Waals surface area (Å²) in [6, 6.07) is 1.15. The Labute approximate surface area is 136 Å². The van der Waals surface area contributed by atoms with E-state index >= 15 is 0 Å². The molecule has 1 aliphatic heterocycles. The van der Waals surface area contributed by atoms with E-state index in [9.17, 15) is 19.2 Å². The Hall–Kier alpha value is -2.46. The van der Waals surface area contributed by atoms with Crippen LogP contribution in [0.25, 0.3) is 0 Å². The molecule has 4 atom stereocenters. The molecule has 24 heavy (non-hydrogen) atoms. The molecule has 0 unspecified atom stereocenters. The van der Waals surface area contributed by atoms with E-state index in [4.69, 9.17) is 18.9 Å². The van der Waals surface area contributed by atoms with Gasteiger partial charge in [-0.1, -0.05) is 0 Å². The van der Waals surface area contributed by atoms with Gasteiger partial charge < -0.3 is 18.9 Å². The molecule has 0 aromatic carbocycles. The zero-order chi connectivity index (χ0) is 17.9. The summed E-state index contributed by atoms with van der Waals surface area (Å²) in [5.41, 5.74) is -1.26. The fourth-order valence-electron chi connectivity index (χ4n) is 2.48. The number of rotatable bonds is 5. The van der Waals surface area contributed by atoms with Crippen molar-refractivity contribution in [2.45, 2.75) is 38.4 Å². The first-order valence-corrected chi connectivity index (χ1v) is 7.13. The van der Waals surface area contributed by atoms with Crippen molar-refractivity contribution >= 4 is 11.9 Å². The average molecular weight is 342 g/mol. The first-order valence-electron chi connectivity index (χ1n) is 7.13. The Bertz CT molecular complexity index is 724. The van der Waals surface area contributed by atoms with Crippen molar-refractivity contribution in [1.82, 2.24) is 9.55 Å². The van der Waals surface area contributed by atoms with Crippen molar-refractivity contribution in [2.24, 2.45) is 0 Å². The Morgan fingerprint density at radius 2 is 1.96 bits per heavy atom. The smallest absolute Gasteiger partial charge is 0.330 e. The molecule has 1 saturated heterocycles. The topological polar surface area (TPSA) is 126 Å². The summed E-state index contributed by atoms with van der Waals surface area (Å²) in [6.07, 6.45) is -2.28. The van der Waals surface area contributed by atoms with E-state index in [-0.39, 0.29) is 6.61 Å². The minimum atomic E-state index is -0.968. The summed E-state index contributed by atoms with van der Waals surface area (Å²) in [7, 11) is 1.36. The Morgan fingerprint density at radius 1 is 1.25 bits per heavy atom. The molecule has 10 nitrogen and oxygen atoms in total. The van der Waals surface area contributed by atoms with Crippen LogP contribution in [-0.2, 0) is 28.5 Å². The van der Waals surface area contributed by atoms with Crippen LogP contribution in [0.2, 0.25) is 0 Å². The minimum Gasteiger partial charge on any atom is -0.463 e. The highest BCUT2D eigenvalue weighted by atomic mass is 16.6. The quantitative estimate of drug-likeness (QED) is 0.671. The van der Waals surface area contributed by atoms with Crippen LogP contribution in [0.1, 0.15) is 20.1 Å². The summed E-state index contributed by atoms with van der Waals surface area (Å²) in [5, 5.41) is 0. The van der Waals surface area contributed by atoms with Crippen molar-refractivity contribution in [2.75, 3.05) is 13.7 Å². The fourth-order valence-corrected chi connectivity index (χ4v) is 2.48. The highest BCUT2D eigenvalue weighted by molar-refractivity contribution is 5.66. The van der Waals surface area contributed by atoms with Crippen LogP contribution >= 0.6 is 0 Å². The van der Waals surface area contributed by atoms with Crippen LogP contribution in [0.3, 0.4) is 0 Å². The molecule has 2 rings (SSSR count). The first-order chi connectivity index (χ1) is 11.3. The highest BCUT2D eigenvalue weighted by Gasteiger charge is 2.49. The Kier molecular flexibility index (Phi) is 5.52. The van der Waals surface area contributed by atoms with Crippen molar-refractivity contribution in [3.63, 3.8) is 0 Å². The minimum absolute atomic E-state index is 0.179. The largest absolute Gasteiger partial charge is 0.463 e. The van der Waals surface area contributed by atoms with Crippen molar-refractivity contribution in [3.05, 3.63) is 33.1 Å². The van der Waals surface area contributed by atoms with Gasteiger partial charge in [-0.05, 0) is 0 Å². The standard InChI is InChI=1S/C14H18N2O8/c1-7(17)22-6-9-11(23-8(2)18)12(21-3)13(24-9)16-5-4-10(19)15-14(16)20/h4-5,9,11-13H,6H2,1-3H3,(H,15,19,20)/t9-,11-,12+,13-/m1/s1. The molecular weight excluding hydrogens is 324 g/mol. The van der Waals surface area contributed by atoms with Crippen LogP contribution in [0.5, 0.6) is 0 Å². The van der Waals surface area contributed by atoms with E-state index in [1.807, 2.05) is 0 Å². The molecule has 0 bridgehead atoms. The maximum Gasteiger partial charge on any atom is 0.330 e. The molecule has 2 heterocycles. The van der Waals surface area contributed by atoms with Gasteiger partial charge in [0, 0.05) is 33.2 Å². The van der Waals surface area contributed by atoms with Gasteiger partial charge in [-0.3, -0.25) is 23.9 Å². The second kappa shape index (κ2) is 7.41. The number of ether oxygens (including phenoxy) is 4. The number of H-pyrrole nitrogens is 1. The number of carbonyl (C=O) groups is 2. The predicted molar refractivity (Wildman–Crippen MR) is 78.2 cm³/mol. The van der Waals surface area contributed by atoms with Gasteiger partial charge in [0.05, 0.1) is 0 Å². The van der Waals surface area contributed by atoms with Crippen molar-refractivity contribution in [1.29, 1.82) is 0 Å². The molecule has 0 radical (unpaired) electrons. The average Bonchev–Trinajstić information content (AvgIpc) is 2.82. The van der Waals surface area contributed by atoms with Crippen LogP contribution in [-0.4, -0.2) is 53.5 Å². The van der Waals surface area contributed by atoms with Crippen LogP contribution in [0, 0.1) is 0 Å². The molecule has 0 saturated carbocycles. The molecule has 10 heteroatoms. The maximum atomic E-state index is 12.0. The molecule has 0 aliphatic carbocycles. The van der Waals surface area contributed by atoms with Gasteiger partial charge in [0.15, 0.2) is 12.3 Å². The molecule has 1 N–H and O–H groups in total. The summed E-state index contributed by atoms with van der Waals surface area (Å²) in [6.45, 7) is 2.27. The number of methoxy groups -OCH3 is 1. The van der Waals surface area contributed by atoms with Crippen LogP contribution in [0.15, 0.2) is 21.9 Å². The van der Waals surface area contributed by atoms with Crippen LogP contribution < -0.4 is 11.2 Å². The Morgan fingerprint density at radius 3 is 2.50 bits per heavy atom. The highest BCUT2D eigenvalue weighted by Crippen LogP contribution is 2.32. The number of hydrogen-bond donors (Lipinski definition) is 1. The first kappa shape index (κ1) is 17.9. The van der Waals surface area contributed by atoms with Crippen molar-refractivity contribution < 1.29 is 28.5 Å². The molecule has 0 spiro atoms. The third-order valence-electron chi connectivity index (χ3n) is 3.44. The van der Waals surface area contributed by atoms with E-state index in [2.05, 4.69) is 4.98 Å². The number of nitrogens with one attached hydrogen (secondary N) is 1. The predicted octanol–water partition coefficient (Wildman–Crippen LogP) is -1.06. The maximum absolute atomic E-state index is 12.0. The number of aromatic nitrogens is 2. The Balaban J connectivity index is 2.34. The molecule has 1 aromatic heterocycles. The molecular formula is C14H18N2O8. The second-order valence-corrected chi connectivity index (χ2v) is 5.16. The second-order valence-electron chi connectivity index (χ2n) is 5.16. The zero-order valence-corrected chi connectivity index (χ0v) is 13.4. The lowest BCUT2D eigenvalue weighted by molar-refractivity contribution is -0.157. The summed E-state index contributed by atoms with van der Waals surface area (Å²) in [4.78, 5) is 47.6. The summed E-state index contributed by atoms with van der Waals surface area (Å²) < 4.78 is 22.2. The molecule has 1 fully saturated rings. The third-order valence-corrected chi connectivity index (χ3v) is 3.44. The third kappa shape index (κ3) is 3.89. The fraction of sp³-hybridized carbons (Fsp3) is 0.571. The number of esters is 2. The molecule has 1 aromatic rings. The number of nitrogens with zero attached hydrogens (tertiary/aromatic N) is 1. The summed E-state index contributed by atoms with van der Waals surface area (Å²) >= 11 is 0.